The van der Waals surface area contributed by atoms with Gasteiger partial charge in [-0.1, -0.05) is 19.9 Å². The minimum absolute atomic E-state index is 0.174. The Balaban J connectivity index is 2.33. The first-order chi connectivity index (χ1) is 4.31. The summed E-state index contributed by atoms with van der Waals surface area (Å²) in [6, 6.07) is 0.174. The van der Waals surface area contributed by atoms with Crippen LogP contribution in [0.2, 0.25) is 0 Å². The average molecular weight is 125 g/mol. The number of rotatable bonds is 3. The van der Waals surface area contributed by atoms with Crippen molar-refractivity contribution in [1.82, 2.24) is 4.90 Å². The first kappa shape index (κ1) is 6.33. The molecule has 1 rings (SSSR count). The largest absolute Gasteiger partial charge is 0.305 e. The molecule has 50 valence electrons. The lowest BCUT2D eigenvalue weighted by molar-refractivity contribution is -0.113. The molecule has 0 saturated carbocycles. The molecule has 0 aliphatic carbocycles. The van der Waals surface area contributed by atoms with E-state index in [0.717, 1.165) is 12.8 Å². The molecule has 1 atom stereocenters. The fourth-order valence-electron chi connectivity index (χ4n) is 0.986. The van der Waals surface area contributed by atoms with Crippen LogP contribution in [0.25, 0.3) is 0 Å². The molecule has 0 N–H and O–H groups in total. The van der Waals surface area contributed by atoms with Crippen molar-refractivity contribution in [3.63, 3.8) is 0 Å². The summed E-state index contributed by atoms with van der Waals surface area (Å²) in [5.41, 5.74) is 0. The van der Waals surface area contributed by atoms with E-state index in [1.54, 1.807) is 11.1 Å². The van der Waals surface area contributed by atoms with Crippen LogP contribution in [0.1, 0.15) is 19.8 Å². The molecule has 1 unspecified atom stereocenters. The van der Waals surface area contributed by atoms with E-state index in [1.165, 1.54) is 0 Å². The number of hydrogen-bond acceptors (Lipinski definition) is 1. The lowest BCUT2D eigenvalue weighted by Gasteiger charge is -1.88. The van der Waals surface area contributed by atoms with Crippen molar-refractivity contribution in [3.05, 3.63) is 12.8 Å². The zero-order valence-corrected chi connectivity index (χ0v) is 5.63. The van der Waals surface area contributed by atoms with Crippen molar-refractivity contribution in [3.8, 4) is 0 Å². The van der Waals surface area contributed by atoms with Crippen LogP contribution in [0.4, 0.5) is 0 Å². The van der Waals surface area contributed by atoms with Crippen molar-refractivity contribution >= 4 is 5.91 Å². The van der Waals surface area contributed by atoms with E-state index in [2.05, 4.69) is 13.5 Å². The van der Waals surface area contributed by atoms with Gasteiger partial charge in [0.25, 0.3) is 0 Å². The highest BCUT2D eigenvalue weighted by atomic mass is 16.2. The molecule has 2 heteroatoms. The van der Waals surface area contributed by atoms with Gasteiger partial charge in [0, 0.05) is 6.20 Å². The zero-order chi connectivity index (χ0) is 6.85. The van der Waals surface area contributed by atoms with Gasteiger partial charge in [0.2, 0.25) is 5.91 Å². The third-order valence-electron chi connectivity index (χ3n) is 1.57. The summed E-state index contributed by atoms with van der Waals surface area (Å²) >= 11 is 0. The second kappa shape index (κ2) is 2.21. The quantitative estimate of drug-likeness (QED) is 0.518. The summed E-state index contributed by atoms with van der Waals surface area (Å²) in [5, 5.41) is 0. The predicted octanol–water partition coefficient (Wildman–Crippen LogP) is 1.14. The Labute approximate surface area is 55.2 Å². The van der Waals surface area contributed by atoms with Crippen LogP contribution < -0.4 is 0 Å². The molecular weight excluding hydrogens is 114 g/mol. The lowest BCUT2D eigenvalue weighted by atomic mass is 10.3. The van der Waals surface area contributed by atoms with Gasteiger partial charge in [0.15, 0.2) is 0 Å². The van der Waals surface area contributed by atoms with Crippen LogP contribution in [0.15, 0.2) is 12.8 Å². The van der Waals surface area contributed by atoms with Gasteiger partial charge in [-0.05, 0) is 6.42 Å². The summed E-state index contributed by atoms with van der Waals surface area (Å²) in [5.74, 6) is 0.229. The fourth-order valence-corrected chi connectivity index (χ4v) is 0.986. The summed E-state index contributed by atoms with van der Waals surface area (Å²) in [4.78, 5) is 12.4. The highest BCUT2D eigenvalue weighted by Gasteiger charge is 2.42. The summed E-state index contributed by atoms with van der Waals surface area (Å²) < 4.78 is 0. The van der Waals surface area contributed by atoms with Crippen molar-refractivity contribution in [2.45, 2.75) is 25.8 Å². The van der Waals surface area contributed by atoms with E-state index in [-0.39, 0.29) is 11.9 Å². The van der Waals surface area contributed by atoms with Gasteiger partial charge < -0.3 is 4.90 Å². The third kappa shape index (κ3) is 0.969. The van der Waals surface area contributed by atoms with Gasteiger partial charge in [0.05, 0.1) is 0 Å². The number of nitrogens with zero attached hydrogens (tertiary/aromatic N) is 1. The molecule has 0 spiro atoms. The maximum Gasteiger partial charge on any atom is 0.250 e. The predicted molar refractivity (Wildman–Crippen MR) is 35.7 cm³/mol. The Kier molecular flexibility index (Phi) is 1.56. The Hall–Kier alpha value is -0.790. The zero-order valence-electron chi connectivity index (χ0n) is 5.63. The molecule has 0 aromatic rings. The molecule has 1 heterocycles. The number of carbonyl (C=O) groups excluding carboxylic acids is 1. The van der Waals surface area contributed by atoms with E-state index in [0.29, 0.717) is 0 Å². The normalized spacial score (nSPS) is 24.3. The van der Waals surface area contributed by atoms with Crippen LogP contribution >= 0.6 is 0 Å². The van der Waals surface area contributed by atoms with E-state index in [4.69, 9.17) is 0 Å². The van der Waals surface area contributed by atoms with E-state index in [9.17, 15) is 4.79 Å². The minimum atomic E-state index is 0.174. The van der Waals surface area contributed by atoms with Gasteiger partial charge in [-0.25, -0.2) is 0 Å². The molecule has 1 fully saturated rings. The van der Waals surface area contributed by atoms with E-state index in [1.807, 2.05) is 0 Å². The molecular formula is C7H11NO. The molecule has 9 heavy (non-hydrogen) atoms. The van der Waals surface area contributed by atoms with Crippen LogP contribution in [0, 0.1) is 0 Å². The first-order valence-corrected chi connectivity index (χ1v) is 3.26. The number of hydrogen-bond donors (Lipinski definition) is 0. The molecule has 0 bridgehead atoms. The standard InChI is InChI=1S/C7H11NO/c1-3-5-6-7(9)8(6)4-2/h4,6H,2-3,5H2,1H3. The Bertz CT molecular complexity index is 142. The average Bonchev–Trinajstić information content (AvgIpc) is 2.44. The first-order valence-electron chi connectivity index (χ1n) is 3.26. The minimum Gasteiger partial charge on any atom is -0.305 e. The molecule has 1 aliphatic rings. The highest BCUT2D eigenvalue weighted by Crippen LogP contribution is 2.23. The summed E-state index contributed by atoms with van der Waals surface area (Å²) in [7, 11) is 0. The van der Waals surface area contributed by atoms with Crippen LogP contribution in [0.5, 0.6) is 0 Å². The molecule has 1 aliphatic heterocycles. The van der Waals surface area contributed by atoms with Crippen LogP contribution in [0.3, 0.4) is 0 Å². The van der Waals surface area contributed by atoms with Crippen molar-refractivity contribution in [2.75, 3.05) is 0 Å². The molecule has 0 aromatic carbocycles. The number of amides is 1. The monoisotopic (exact) mass is 125 g/mol. The fraction of sp³-hybridized carbons (Fsp3) is 0.571. The van der Waals surface area contributed by atoms with E-state index < -0.39 is 0 Å². The van der Waals surface area contributed by atoms with Gasteiger partial charge in [-0.3, -0.25) is 4.79 Å². The Morgan fingerprint density at radius 3 is 2.89 bits per heavy atom. The number of carbonyl (C=O) groups is 1. The second-order valence-corrected chi connectivity index (χ2v) is 2.23. The van der Waals surface area contributed by atoms with Gasteiger partial charge in [0.1, 0.15) is 6.04 Å². The topological polar surface area (TPSA) is 20.1 Å². The Morgan fingerprint density at radius 2 is 2.56 bits per heavy atom. The second-order valence-electron chi connectivity index (χ2n) is 2.23. The van der Waals surface area contributed by atoms with Crippen LogP contribution in [-0.4, -0.2) is 16.8 Å². The van der Waals surface area contributed by atoms with E-state index >= 15 is 0 Å². The summed E-state index contributed by atoms with van der Waals surface area (Å²) in [6.07, 6.45) is 3.65. The van der Waals surface area contributed by atoms with Crippen molar-refractivity contribution in [2.24, 2.45) is 0 Å². The van der Waals surface area contributed by atoms with Gasteiger partial charge in [-0.2, -0.15) is 0 Å². The maximum absolute atomic E-state index is 10.7. The highest BCUT2D eigenvalue weighted by molar-refractivity contribution is 5.97. The van der Waals surface area contributed by atoms with Gasteiger partial charge >= 0.3 is 0 Å². The lowest BCUT2D eigenvalue weighted by Crippen LogP contribution is -1.90. The molecule has 0 radical (unpaired) electrons. The summed E-state index contributed by atoms with van der Waals surface area (Å²) in [6.45, 7) is 5.59. The third-order valence-corrected chi connectivity index (χ3v) is 1.57. The van der Waals surface area contributed by atoms with Crippen molar-refractivity contribution < 1.29 is 4.79 Å². The molecule has 1 amide bonds. The van der Waals surface area contributed by atoms with Crippen LogP contribution in [-0.2, 0) is 4.79 Å². The molecule has 2 nitrogen and oxygen atoms in total. The smallest absolute Gasteiger partial charge is 0.250 e. The molecule has 0 aromatic heterocycles. The van der Waals surface area contributed by atoms with Crippen molar-refractivity contribution in [1.29, 1.82) is 0 Å². The SMILES string of the molecule is C=CN1C(=O)C1CCC. The van der Waals surface area contributed by atoms with Gasteiger partial charge in [-0.15, -0.1) is 0 Å². The Morgan fingerprint density at radius 1 is 1.89 bits per heavy atom. The maximum atomic E-state index is 10.7. The molecule has 1 saturated heterocycles.